The first kappa shape index (κ1) is 15.0. The molecule has 0 atom stereocenters. The fourth-order valence-corrected chi connectivity index (χ4v) is 2.75. The van der Waals surface area contributed by atoms with Crippen molar-refractivity contribution in [2.45, 2.75) is 31.1 Å². The highest BCUT2D eigenvalue weighted by atomic mass is 35.5. The van der Waals surface area contributed by atoms with Crippen LogP contribution in [0.5, 0.6) is 11.5 Å². The van der Waals surface area contributed by atoms with Crippen LogP contribution in [0, 0.1) is 5.92 Å². The molecule has 1 saturated carbocycles. The predicted molar refractivity (Wildman–Crippen MR) is 78.6 cm³/mol. The maximum atomic E-state index is 12.0. The van der Waals surface area contributed by atoms with Crippen LogP contribution in [0.1, 0.15) is 36.0 Å². The molecule has 0 unspecified atom stereocenters. The van der Waals surface area contributed by atoms with Gasteiger partial charge >= 0.3 is 0 Å². The number of halogens is 1. The Morgan fingerprint density at radius 2 is 2.10 bits per heavy atom. The average Bonchev–Trinajstić information content (AvgIpc) is 2.46. The minimum Gasteiger partial charge on any atom is -0.504 e. The van der Waals surface area contributed by atoms with Gasteiger partial charge in [-0.3, -0.25) is 4.79 Å². The summed E-state index contributed by atoms with van der Waals surface area (Å²) in [6.07, 6.45) is 4.15. The Morgan fingerprint density at radius 3 is 2.70 bits per heavy atom. The first-order valence-electron chi connectivity index (χ1n) is 6.89. The molecule has 0 spiro atoms. The molecule has 1 amide bonds. The van der Waals surface area contributed by atoms with Gasteiger partial charge in [0.25, 0.3) is 5.91 Å². The molecule has 110 valence electrons. The molecular weight excluding hydrogens is 278 g/mol. The number of methoxy groups -OCH3 is 1. The van der Waals surface area contributed by atoms with E-state index in [2.05, 4.69) is 5.32 Å². The number of benzene rings is 1. The molecule has 1 aromatic carbocycles. The Bertz CT molecular complexity index is 470. The molecule has 0 aliphatic heterocycles. The van der Waals surface area contributed by atoms with Crippen LogP contribution in [0.2, 0.25) is 0 Å². The molecule has 1 aliphatic rings. The highest BCUT2D eigenvalue weighted by molar-refractivity contribution is 6.20. The highest BCUT2D eigenvalue weighted by Gasteiger charge is 2.20. The van der Waals surface area contributed by atoms with E-state index in [4.69, 9.17) is 16.3 Å². The quantitative estimate of drug-likeness (QED) is 0.840. The zero-order valence-electron chi connectivity index (χ0n) is 11.6. The van der Waals surface area contributed by atoms with Gasteiger partial charge in [-0.15, -0.1) is 11.6 Å². The summed E-state index contributed by atoms with van der Waals surface area (Å²) in [4.78, 5) is 12.0. The molecule has 1 fully saturated rings. The molecule has 1 aliphatic carbocycles. The fraction of sp³-hybridized carbons (Fsp3) is 0.533. The van der Waals surface area contributed by atoms with Gasteiger partial charge in [0.15, 0.2) is 11.5 Å². The fourth-order valence-electron chi connectivity index (χ4n) is 2.50. The number of hydrogen-bond donors (Lipinski definition) is 2. The molecule has 2 rings (SSSR count). The van der Waals surface area contributed by atoms with Gasteiger partial charge in [0.05, 0.1) is 7.11 Å². The van der Waals surface area contributed by atoms with Crippen molar-refractivity contribution in [2.75, 3.05) is 13.7 Å². The van der Waals surface area contributed by atoms with Crippen LogP contribution in [0.3, 0.4) is 0 Å². The number of aromatic hydroxyl groups is 1. The monoisotopic (exact) mass is 297 g/mol. The summed E-state index contributed by atoms with van der Waals surface area (Å²) in [7, 11) is 1.47. The highest BCUT2D eigenvalue weighted by Crippen LogP contribution is 2.28. The van der Waals surface area contributed by atoms with Crippen LogP contribution in [0.15, 0.2) is 18.2 Å². The van der Waals surface area contributed by atoms with E-state index in [0.717, 1.165) is 25.7 Å². The maximum Gasteiger partial charge on any atom is 0.251 e. The zero-order chi connectivity index (χ0) is 14.5. The Labute approximate surface area is 124 Å². The van der Waals surface area contributed by atoms with Crippen molar-refractivity contribution < 1.29 is 14.6 Å². The Balaban J connectivity index is 1.87. The smallest absolute Gasteiger partial charge is 0.251 e. The van der Waals surface area contributed by atoms with E-state index in [1.807, 2.05) is 0 Å². The third-order valence-electron chi connectivity index (χ3n) is 3.77. The molecule has 5 heteroatoms. The van der Waals surface area contributed by atoms with Crippen molar-refractivity contribution in [3.8, 4) is 11.5 Å². The first-order chi connectivity index (χ1) is 9.60. The number of amides is 1. The molecule has 0 radical (unpaired) electrons. The predicted octanol–water partition coefficient (Wildman–Crippen LogP) is 2.93. The lowest BCUT2D eigenvalue weighted by Gasteiger charge is -2.25. The second-order valence-electron chi connectivity index (χ2n) is 5.21. The second kappa shape index (κ2) is 6.84. The lowest BCUT2D eigenvalue weighted by atomic mass is 9.89. The number of ether oxygens (including phenoxy) is 1. The first-order valence-corrected chi connectivity index (χ1v) is 7.33. The van der Waals surface area contributed by atoms with E-state index in [0.29, 0.717) is 29.2 Å². The molecule has 0 bridgehead atoms. The van der Waals surface area contributed by atoms with Crippen LogP contribution < -0.4 is 10.1 Å². The van der Waals surface area contributed by atoms with Gasteiger partial charge in [0.2, 0.25) is 0 Å². The Morgan fingerprint density at radius 1 is 1.40 bits per heavy atom. The van der Waals surface area contributed by atoms with Gasteiger partial charge in [-0.05, 0) is 49.8 Å². The lowest BCUT2D eigenvalue weighted by molar-refractivity contribution is 0.0943. The summed E-state index contributed by atoms with van der Waals surface area (Å²) in [5.41, 5.74) is 0.439. The summed E-state index contributed by atoms with van der Waals surface area (Å²) >= 11 is 6.06. The largest absolute Gasteiger partial charge is 0.504 e. The Hall–Kier alpha value is -1.42. The minimum absolute atomic E-state index is 0.0252. The topological polar surface area (TPSA) is 58.6 Å². The number of rotatable bonds is 4. The number of nitrogens with one attached hydrogen (secondary N) is 1. The number of phenolic OH excluding ortho intramolecular Hbond substituents is 1. The summed E-state index contributed by atoms with van der Waals surface area (Å²) in [5, 5.41) is 12.9. The van der Waals surface area contributed by atoms with Gasteiger partial charge in [0.1, 0.15) is 0 Å². The summed E-state index contributed by atoms with van der Waals surface area (Å²) in [6.45, 7) is 0.662. The van der Waals surface area contributed by atoms with Crippen molar-refractivity contribution in [1.29, 1.82) is 0 Å². The SMILES string of the molecule is COc1ccc(C(=O)NCC2CCC(Cl)CC2)cc1O. The zero-order valence-corrected chi connectivity index (χ0v) is 12.3. The average molecular weight is 298 g/mol. The summed E-state index contributed by atoms with van der Waals surface area (Å²) in [5.74, 6) is 0.668. The lowest BCUT2D eigenvalue weighted by Crippen LogP contribution is -2.31. The van der Waals surface area contributed by atoms with Crippen molar-refractivity contribution in [3.63, 3.8) is 0 Å². The molecule has 0 aromatic heterocycles. The van der Waals surface area contributed by atoms with Gasteiger partial charge in [0, 0.05) is 17.5 Å². The molecule has 2 N–H and O–H groups in total. The van der Waals surface area contributed by atoms with Crippen LogP contribution in [0.4, 0.5) is 0 Å². The maximum absolute atomic E-state index is 12.0. The van der Waals surface area contributed by atoms with Crippen molar-refractivity contribution in [1.82, 2.24) is 5.32 Å². The van der Waals surface area contributed by atoms with E-state index in [1.165, 1.54) is 13.2 Å². The summed E-state index contributed by atoms with van der Waals surface area (Å²) in [6, 6.07) is 4.65. The third kappa shape index (κ3) is 3.79. The Kier molecular flexibility index (Phi) is 5.12. The minimum atomic E-state index is -0.170. The third-order valence-corrected chi connectivity index (χ3v) is 4.21. The standard InChI is InChI=1S/C15H20ClNO3/c1-20-14-7-4-11(8-13(14)18)15(19)17-9-10-2-5-12(16)6-3-10/h4,7-8,10,12,18H,2-3,5-6,9H2,1H3,(H,17,19). The van der Waals surface area contributed by atoms with Crippen molar-refractivity contribution in [2.24, 2.45) is 5.92 Å². The molecule has 0 heterocycles. The second-order valence-corrected chi connectivity index (χ2v) is 5.83. The van der Waals surface area contributed by atoms with Gasteiger partial charge < -0.3 is 15.2 Å². The van der Waals surface area contributed by atoms with Gasteiger partial charge in [-0.2, -0.15) is 0 Å². The van der Waals surface area contributed by atoms with E-state index in [-0.39, 0.29) is 11.7 Å². The summed E-state index contributed by atoms with van der Waals surface area (Å²) < 4.78 is 4.95. The molecule has 0 saturated heterocycles. The van der Waals surface area contributed by atoms with Gasteiger partial charge in [-0.1, -0.05) is 0 Å². The molecule has 1 aromatic rings. The molecular formula is C15H20ClNO3. The van der Waals surface area contributed by atoms with Crippen LogP contribution in [-0.2, 0) is 0 Å². The van der Waals surface area contributed by atoms with E-state index in [9.17, 15) is 9.90 Å². The van der Waals surface area contributed by atoms with Crippen LogP contribution in [-0.4, -0.2) is 30.0 Å². The number of hydrogen-bond acceptors (Lipinski definition) is 3. The van der Waals surface area contributed by atoms with Crippen molar-refractivity contribution in [3.05, 3.63) is 23.8 Å². The molecule has 20 heavy (non-hydrogen) atoms. The van der Waals surface area contributed by atoms with E-state index < -0.39 is 0 Å². The molecule has 4 nitrogen and oxygen atoms in total. The van der Waals surface area contributed by atoms with Gasteiger partial charge in [-0.25, -0.2) is 0 Å². The number of carbonyl (C=O) groups excluding carboxylic acids is 1. The van der Waals surface area contributed by atoms with Crippen molar-refractivity contribution >= 4 is 17.5 Å². The van der Waals surface area contributed by atoms with E-state index >= 15 is 0 Å². The number of carbonyl (C=O) groups is 1. The number of alkyl halides is 1. The van der Waals surface area contributed by atoms with E-state index in [1.54, 1.807) is 12.1 Å². The van der Waals surface area contributed by atoms with Crippen LogP contribution >= 0.6 is 11.6 Å². The number of phenols is 1. The van der Waals surface area contributed by atoms with Crippen LogP contribution in [0.25, 0.3) is 0 Å². The normalized spacial score (nSPS) is 22.3.